The molecule has 0 aliphatic rings. The van der Waals surface area contributed by atoms with Crippen LogP contribution in [0.15, 0.2) is 24.3 Å². The van der Waals surface area contributed by atoms with Gasteiger partial charge in [0, 0.05) is 6.07 Å². The van der Waals surface area contributed by atoms with Gasteiger partial charge in [-0.25, -0.2) is 5.06 Å². The number of hydroxylamine groups is 2. The topological polar surface area (TPSA) is 90.9 Å². The Morgan fingerprint density at radius 1 is 1.43 bits per heavy atom. The van der Waals surface area contributed by atoms with Gasteiger partial charge in [-0.05, 0) is 18.6 Å². The van der Waals surface area contributed by atoms with Crippen molar-refractivity contribution in [2.24, 2.45) is 5.92 Å². The molecule has 0 unspecified atom stereocenters. The molecule has 128 valence electrons. The van der Waals surface area contributed by atoms with Crippen LogP contribution in [-0.2, 0) is 9.59 Å². The van der Waals surface area contributed by atoms with Crippen LogP contribution in [0.1, 0.15) is 32.6 Å². The summed E-state index contributed by atoms with van der Waals surface area (Å²) in [5, 5.41) is 9.84. The highest BCUT2D eigenvalue weighted by atomic mass is 16.5. The lowest BCUT2D eigenvalue weighted by Gasteiger charge is -2.20. The summed E-state index contributed by atoms with van der Waals surface area (Å²) in [6.07, 6.45) is 3.80. The molecule has 0 saturated carbocycles. The number of unbranched alkanes of at least 4 members (excludes halogenated alkanes) is 2. The predicted octanol–water partition coefficient (Wildman–Crippen LogP) is 2.18. The minimum absolute atomic E-state index is 0.0289. The number of benzene rings is 1. The molecule has 0 heterocycles. The van der Waals surface area contributed by atoms with Crippen molar-refractivity contribution >= 4 is 18.0 Å². The quantitative estimate of drug-likeness (QED) is 0.251. The van der Waals surface area contributed by atoms with Crippen LogP contribution in [0, 0.1) is 5.92 Å². The Bertz CT molecular complexity index is 496. The van der Waals surface area contributed by atoms with Gasteiger partial charge in [0.2, 0.25) is 12.3 Å². The molecule has 0 aliphatic heterocycles. The summed E-state index contributed by atoms with van der Waals surface area (Å²) in [4.78, 5) is 22.8. The van der Waals surface area contributed by atoms with Crippen LogP contribution >= 0.6 is 0 Å². The molecule has 0 fully saturated rings. The fraction of sp³-hybridized carbons (Fsp3) is 0.500. The second-order valence-electron chi connectivity index (χ2n) is 5.27. The lowest BCUT2D eigenvalue weighted by atomic mass is 10.0. The average Bonchev–Trinajstić information content (AvgIpc) is 2.58. The molecule has 0 saturated heterocycles. The number of carbonyl (C=O) groups is 2. The van der Waals surface area contributed by atoms with Gasteiger partial charge in [-0.1, -0.05) is 32.3 Å². The summed E-state index contributed by atoms with van der Waals surface area (Å²) >= 11 is 0. The summed E-state index contributed by atoms with van der Waals surface area (Å²) in [5.74, 6) is -0.0779. The number of hydrogen-bond acceptors (Lipinski definition) is 5. The Morgan fingerprint density at radius 3 is 2.87 bits per heavy atom. The van der Waals surface area contributed by atoms with Gasteiger partial charge in [0.15, 0.2) is 0 Å². The maximum Gasteiger partial charge on any atom is 0.243 e. The van der Waals surface area contributed by atoms with Gasteiger partial charge >= 0.3 is 0 Å². The van der Waals surface area contributed by atoms with Crippen molar-refractivity contribution in [1.82, 2.24) is 10.5 Å². The van der Waals surface area contributed by atoms with Crippen molar-refractivity contribution in [3.05, 3.63) is 24.3 Å². The van der Waals surface area contributed by atoms with E-state index in [0.29, 0.717) is 29.3 Å². The molecule has 23 heavy (non-hydrogen) atoms. The number of ether oxygens (including phenoxy) is 1. The summed E-state index contributed by atoms with van der Waals surface area (Å²) in [6, 6.07) is 7.14. The lowest BCUT2D eigenvalue weighted by Crippen LogP contribution is -2.40. The molecular weight excluding hydrogens is 298 g/mol. The van der Waals surface area contributed by atoms with Crippen LogP contribution in [0.4, 0.5) is 5.69 Å². The van der Waals surface area contributed by atoms with Gasteiger partial charge in [-0.3, -0.25) is 25.6 Å². The Balaban J connectivity index is 2.58. The van der Waals surface area contributed by atoms with Crippen LogP contribution in [-0.4, -0.2) is 36.2 Å². The largest absolute Gasteiger partial charge is 0.497 e. The summed E-state index contributed by atoms with van der Waals surface area (Å²) in [7, 11) is 1.57. The molecule has 1 rings (SSSR count). The first-order valence-electron chi connectivity index (χ1n) is 7.71. The van der Waals surface area contributed by atoms with Crippen LogP contribution in [0.5, 0.6) is 5.75 Å². The summed E-state index contributed by atoms with van der Waals surface area (Å²) < 4.78 is 5.11. The highest BCUT2D eigenvalue weighted by molar-refractivity contribution is 5.80. The van der Waals surface area contributed by atoms with Crippen molar-refractivity contribution in [3.63, 3.8) is 0 Å². The fourth-order valence-corrected chi connectivity index (χ4v) is 2.15. The fourth-order valence-electron chi connectivity index (χ4n) is 2.15. The molecule has 7 heteroatoms. The van der Waals surface area contributed by atoms with Crippen molar-refractivity contribution in [1.29, 1.82) is 0 Å². The monoisotopic (exact) mass is 323 g/mol. The standard InChI is InChI=1S/C16H25N3O4/c1-3-4-5-7-13(11-19(22)12-20)16(21)18-17-14-8-6-9-15(10-14)23-2/h6,8-10,12-13,17,22H,3-5,7,11H2,1-2H3,(H,18,21)/t13-/m1/s1. The number of methoxy groups -OCH3 is 1. The number of rotatable bonds is 11. The number of amides is 2. The van der Waals surface area contributed by atoms with Crippen LogP contribution < -0.4 is 15.6 Å². The van der Waals surface area contributed by atoms with Gasteiger partial charge in [-0.15, -0.1) is 0 Å². The Morgan fingerprint density at radius 2 is 2.22 bits per heavy atom. The molecule has 0 radical (unpaired) electrons. The highest BCUT2D eigenvalue weighted by Crippen LogP contribution is 2.16. The van der Waals surface area contributed by atoms with Gasteiger partial charge < -0.3 is 4.74 Å². The third-order valence-electron chi connectivity index (χ3n) is 3.46. The van der Waals surface area contributed by atoms with Crippen molar-refractivity contribution < 1.29 is 19.5 Å². The molecule has 0 bridgehead atoms. The van der Waals surface area contributed by atoms with E-state index in [9.17, 15) is 14.8 Å². The van der Waals surface area contributed by atoms with Crippen LogP contribution in [0.3, 0.4) is 0 Å². The smallest absolute Gasteiger partial charge is 0.243 e. The number of anilines is 1. The first-order valence-corrected chi connectivity index (χ1v) is 7.71. The normalized spacial score (nSPS) is 11.4. The van der Waals surface area contributed by atoms with E-state index >= 15 is 0 Å². The molecule has 1 aromatic carbocycles. The zero-order chi connectivity index (χ0) is 17.1. The molecule has 1 aromatic rings. The Labute approximate surface area is 136 Å². The van der Waals surface area contributed by atoms with Crippen molar-refractivity contribution in [2.75, 3.05) is 19.1 Å². The maximum absolute atomic E-state index is 12.3. The Kier molecular flexibility index (Phi) is 8.52. The van der Waals surface area contributed by atoms with E-state index in [1.807, 2.05) is 0 Å². The number of hydrogen-bond donors (Lipinski definition) is 3. The predicted molar refractivity (Wildman–Crippen MR) is 86.9 cm³/mol. The third kappa shape index (κ3) is 7.01. The third-order valence-corrected chi connectivity index (χ3v) is 3.46. The first-order chi connectivity index (χ1) is 11.1. The van der Waals surface area contributed by atoms with Crippen LogP contribution in [0.2, 0.25) is 0 Å². The molecule has 7 nitrogen and oxygen atoms in total. The van der Waals surface area contributed by atoms with E-state index in [4.69, 9.17) is 4.74 Å². The molecule has 1 atom stereocenters. The zero-order valence-corrected chi connectivity index (χ0v) is 13.6. The van der Waals surface area contributed by atoms with Gasteiger partial charge in [0.25, 0.3) is 0 Å². The SMILES string of the molecule is CCCCC[C@H](CN(O)C=O)C(=O)NNc1cccc(OC)c1. The summed E-state index contributed by atoms with van der Waals surface area (Å²) in [6.45, 7) is 2.04. The van der Waals surface area contributed by atoms with Gasteiger partial charge in [0.1, 0.15) is 5.75 Å². The van der Waals surface area contributed by atoms with Crippen molar-refractivity contribution in [3.8, 4) is 5.75 Å². The number of nitrogens with zero attached hydrogens (tertiary/aromatic N) is 1. The zero-order valence-electron chi connectivity index (χ0n) is 13.6. The van der Waals surface area contributed by atoms with Gasteiger partial charge in [0.05, 0.1) is 25.3 Å². The highest BCUT2D eigenvalue weighted by Gasteiger charge is 2.20. The van der Waals surface area contributed by atoms with E-state index in [1.54, 1.807) is 31.4 Å². The molecule has 0 aromatic heterocycles. The molecule has 2 amide bonds. The second kappa shape index (κ2) is 10.4. The van der Waals surface area contributed by atoms with E-state index in [-0.39, 0.29) is 12.5 Å². The van der Waals surface area contributed by atoms with Crippen molar-refractivity contribution in [2.45, 2.75) is 32.6 Å². The number of hydrazine groups is 1. The van der Waals surface area contributed by atoms with Gasteiger partial charge in [-0.2, -0.15) is 0 Å². The van der Waals surface area contributed by atoms with E-state index < -0.39 is 5.92 Å². The minimum Gasteiger partial charge on any atom is -0.497 e. The second-order valence-corrected chi connectivity index (χ2v) is 5.27. The number of nitrogens with one attached hydrogen (secondary N) is 2. The average molecular weight is 323 g/mol. The number of carbonyl (C=O) groups excluding carboxylic acids is 2. The van der Waals surface area contributed by atoms with E-state index in [2.05, 4.69) is 17.8 Å². The summed E-state index contributed by atoms with van der Waals surface area (Å²) in [5.41, 5.74) is 6.10. The Hall–Kier alpha value is -2.28. The van der Waals surface area contributed by atoms with Crippen LogP contribution in [0.25, 0.3) is 0 Å². The first kappa shape index (κ1) is 18.8. The molecule has 3 N–H and O–H groups in total. The molecular formula is C16H25N3O4. The van der Waals surface area contributed by atoms with E-state index in [0.717, 1.165) is 19.3 Å². The minimum atomic E-state index is -0.477. The molecule has 0 spiro atoms. The maximum atomic E-state index is 12.3. The lowest BCUT2D eigenvalue weighted by molar-refractivity contribution is -0.154. The molecule has 0 aliphatic carbocycles. The van der Waals surface area contributed by atoms with E-state index in [1.165, 1.54) is 0 Å².